The van der Waals surface area contributed by atoms with Gasteiger partial charge in [-0.25, -0.2) is 9.97 Å². The summed E-state index contributed by atoms with van der Waals surface area (Å²) in [5, 5.41) is 0. The lowest BCUT2D eigenvalue weighted by molar-refractivity contribution is 0.181. The summed E-state index contributed by atoms with van der Waals surface area (Å²) in [5.74, 6) is 1.95. The number of imidazole rings is 2. The first-order chi connectivity index (χ1) is 16.7. The number of benzene rings is 1. The monoisotopic (exact) mass is 463 g/mol. The molecule has 4 rings (SSSR count). The van der Waals surface area contributed by atoms with Gasteiger partial charge in [-0.1, -0.05) is 30.7 Å². The first-order valence-electron chi connectivity index (χ1n) is 12.9. The van der Waals surface area contributed by atoms with Crippen molar-refractivity contribution in [3.8, 4) is 0 Å². The lowest BCUT2D eigenvalue weighted by Gasteiger charge is -2.27. The van der Waals surface area contributed by atoms with Crippen molar-refractivity contribution in [1.82, 2.24) is 34.6 Å². The van der Waals surface area contributed by atoms with Crippen molar-refractivity contribution in [3.63, 3.8) is 0 Å². The van der Waals surface area contributed by atoms with Crippen LogP contribution in [0.2, 0.25) is 0 Å². The third kappa shape index (κ3) is 7.52. The number of likely N-dealkylation sites (tertiary alicyclic amines) is 1. The van der Waals surface area contributed by atoms with Gasteiger partial charge in [-0.15, -0.1) is 0 Å². The predicted octanol–water partition coefficient (Wildman–Crippen LogP) is 4.59. The van der Waals surface area contributed by atoms with Gasteiger partial charge < -0.3 is 19.8 Å². The highest BCUT2D eigenvalue weighted by atomic mass is 15.2. The van der Waals surface area contributed by atoms with E-state index < -0.39 is 0 Å². The van der Waals surface area contributed by atoms with Gasteiger partial charge in [0.05, 0.1) is 12.6 Å². The van der Waals surface area contributed by atoms with Crippen LogP contribution in [-0.4, -0.2) is 67.9 Å². The van der Waals surface area contributed by atoms with E-state index in [4.69, 9.17) is 0 Å². The Labute approximate surface area is 204 Å². The van der Waals surface area contributed by atoms with Gasteiger partial charge in [-0.2, -0.15) is 0 Å². The Morgan fingerprint density at radius 1 is 0.882 bits per heavy atom. The third-order valence-corrected chi connectivity index (χ3v) is 6.94. The molecule has 1 aliphatic heterocycles. The molecule has 1 aliphatic rings. The van der Waals surface area contributed by atoms with Crippen molar-refractivity contribution < 1.29 is 0 Å². The van der Waals surface area contributed by atoms with Crippen molar-refractivity contribution in [3.05, 3.63) is 71.8 Å². The quantitative estimate of drug-likeness (QED) is 0.363. The second-order valence-corrected chi connectivity index (χ2v) is 9.75. The maximum atomic E-state index is 4.48. The molecule has 1 unspecified atom stereocenters. The normalized spacial score (nSPS) is 15.9. The lowest BCUT2D eigenvalue weighted by atomic mass is 10.1. The summed E-state index contributed by atoms with van der Waals surface area (Å²) in [6.45, 7) is 9.83. The van der Waals surface area contributed by atoms with Crippen LogP contribution in [0.5, 0.6) is 0 Å². The number of nitrogens with zero attached hydrogens (tertiary/aromatic N) is 5. The number of aromatic nitrogens is 4. The van der Waals surface area contributed by atoms with E-state index in [9.17, 15) is 0 Å². The van der Waals surface area contributed by atoms with Gasteiger partial charge in [0.2, 0.25) is 0 Å². The van der Waals surface area contributed by atoms with Crippen LogP contribution < -0.4 is 0 Å². The average molecular weight is 464 g/mol. The van der Waals surface area contributed by atoms with Gasteiger partial charge in [0.1, 0.15) is 11.6 Å². The van der Waals surface area contributed by atoms with Crippen LogP contribution in [0.1, 0.15) is 67.8 Å². The summed E-state index contributed by atoms with van der Waals surface area (Å²) >= 11 is 0. The van der Waals surface area contributed by atoms with E-state index in [2.05, 4.69) is 72.9 Å². The molecule has 34 heavy (non-hydrogen) atoms. The molecule has 1 aromatic carbocycles. The van der Waals surface area contributed by atoms with Crippen molar-refractivity contribution in [2.24, 2.45) is 0 Å². The second-order valence-electron chi connectivity index (χ2n) is 9.75. The van der Waals surface area contributed by atoms with E-state index in [1.165, 1.54) is 62.9 Å². The molecule has 184 valence electrons. The van der Waals surface area contributed by atoms with Crippen LogP contribution >= 0.6 is 0 Å². The van der Waals surface area contributed by atoms with E-state index in [-0.39, 0.29) is 6.04 Å². The fourth-order valence-corrected chi connectivity index (χ4v) is 4.86. The maximum absolute atomic E-state index is 4.48. The zero-order valence-corrected chi connectivity index (χ0v) is 20.9. The molecule has 0 spiro atoms. The number of aromatic amines is 2. The molecule has 2 aromatic heterocycles. The van der Waals surface area contributed by atoms with Gasteiger partial charge in [-0.3, -0.25) is 4.90 Å². The minimum atomic E-state index is 0.163. The van der Waals surface area contributed by atoms with E-state index in [1.54, 1.807) is 0 Å². The van der Waals surface area contributed by atoms with E-state index >= 15 is 0 Å². The van der Waals surface area contributed by atoms with E-state index in [0.29, 0.717) is 0 Å². The molecule has 0 saturated carbocycles. The van der Waals surface area contributed by atoms with Crippen LogP contribution in [0.4, 0.5) is 0 Å². The molecule has 3 aromatic rings. The molecule has 7 heteroatoms. The summed E-state index contributed by atoms with van der Waals surface area (Å²) < 4.78 is 0. The molecular weight excluding hydrogens is 422 g/mol. The van der Waals surface area contributed by atoms with E-state index in [1.807, 2.05) is 24.8 Å². The Morgan fingerprint density at radius 3 is 2.26 bits per heavy atom. The Balaban J connectivity index is 1.25. The summed E-state index contributed by atoms with van der Waals surface area (Å²) in [7, 11) is 2.24. The first-order valence-corrected chi connectivity index (χ1v) is 12.9. The largest absolute Gasteiger partial charge is 0.348 e. The summed E-state index contributed by atoms with van der Waals surface area (Å²) in [5.41, 5.74) is 2.68. The van der Waals surface area contributed by atoms with Gasteiger partial charge in [-0.05, 0) is 77.0 Å². The van der Waals surface area contributed by atoms with E-state index in [0.717, 1.165) is 37.8 Å². The Morgan fingerprint density at radius 2 is 1.59 bits per heavy atom. The van der Waals surface area contributed by atoms with Crippen LogP contribution in [0.3, 0.4) is 0 Å². The first kappa shape index (κ1) is 24.6. The molecule has 1 saturated heterocycles. The second kappa shape index (κ2) is 12.8. The van der Waals surface area contributed by atoms with Crippen LogP contribution in [0.15, 0.2) is 49.1 Å². The molecule has 3 heterocycles. The lowest BCUT2D eigenvalue weighted by Crippen LogP contribution is -2.31. The molecule has 0 radical (unpaired) electrons. The predicted molar refractivity (Wildman–Crippen MR) is 137 cm³/mol. The van der Waals surface area contributed by atoms with Crippen molar-refractivity contribution in [2.45, 2.75) is 64.7 Å². The van der Waals surface area contributed by atoms with Crippen molar-refractivity contribution in [2.75, 3.05) is 33.2 Å². The molecule has 1 fully saturated rings. The third-order valence-electron chi connectivity index (χ3n) is 6.94. The highest BCUT2D eigenvalue weighted by Gasteiger charge is 2.19. The minimum absolute atomic E-state index is 0.163. The molecule has 0 bridgehead atoms. The smallest absolute Gasteiger partial charge is 0.123 e. The average Bonchev–Trinajstić information content (AvgIpc) is 3.58. The number of unbranched alkanes of at least 4 members (excludes halogenated alkanes) is 1. The van der Waals surface area contributed by atoms with Gasteiger partial charge in [0, 0.05) is 37.9 Å². The molecule has 2 N–H and O–H groups in total. The standard InChI is InChI=1S/C27H41N7/c1-23(27-30-14-15-31-27)34(22-26-28-12-13-29-26)21-25-10-8-24(9-11-25)20-32(2)16-6-7-19-33-17-4-3-5-18-33/h8-15,23H,3-7,16-22H2,1-2H3,(H,28,29)(H,30,31). The maximum Gasteiger partial charge on any atom is 0.123 e. The molecule has 7 nitrogen and oxygen atoms in total. The number of rotatable bonds is 13. The molecule has 0 aliphatic carbocycles. The topological polar surface area (TPSA) is 67.1 Å². The van der Waals surface area contributed by atoms with Crippen molar-refractivity contribution in [1.29, 1.82) is 0 Å². The Hall–Kier alpha value is -2.48. The summed E-state index contributed by atoms with van der Waals surface area (Å²) in [4.78, 5) is 22.9. The fourth-order valence-electron chi connectivity index (χ4n) is 4.86. The SMILES string of the molecule is CC(c1ncc[nH]1)N(Cc1ccc(CN(C)CCCCN2CCCCC2)cc1)Cc1ncc[nH]1. The van der Waals surface area contributed by atoms with Gasteiger partial charge in [0.25, 0.3) is 0 Å². The van der Waals surface area contributed by atoms with Crippen LogP contribution in [-0.2, 0) is 19.6 Å². The number of hydrogen-bond acceptors (Lipinski definition) is 5. The summed E-state index contributed by atoms with van der Waals surface area (Å²) in [6, 6.07) is 9.26. The zero-order valence-electron chi connectivity index (χ0n) is 20.9. The highest BCUT2D eigenvalue weighted by Crippen LogP contribution is 2.22. The molecule has 0 amide bonds. The van der Waals surface area contributed by atoms with Crippen LogP contribution in [0.25, 0.3) is 0 Å². The Kier molecular flexibility index (Phi) is 9.30. The zero-order chi connectivity index (χ0) is 23.6. The Bertz CT molecular complexity index is 915. The fraction of sp³-hybridized carbons (Fsp3) is 0.556. The van der Waals surface area contributed by atoms with Gasteiger partial charge in [0.15, 0.2) is 0 Å². The molecular formula is C27H41N7. The number of nitrogens with one attached hydrogen (secondary N) is 2. The summed E-state index contributed by atoms with van der Waals surface area (Å²) in [6.07, 6.45) is 14.2. The highest BCUT2D eigenvalue weighted by molar-refractivity contribution is 5.22. The van der Waals surface area contributed by atoms with Crippen LogP contribution in [0, 0.1) is 0 Å². The molecule has 1 atom stereocenters. The van der Waals surface area contributed by atoms with Gasteiger partial charge >= 0.3 is 0 Å². The minimum Gasteiger partial charge on any atom is -0.348 e. The number of hydrogen-bond donors (Lipinski definition) is 2. The van der Waals surface area contributed by atoms with Crippen molar-refractivity contribution >= 4 is 0 Å². The number of piperidine rings is 1. The number of H-pyrrole nitrogens is 2.